The largest absolute Gasteiger partial charge is 0.418 e. The van der Waals surface area contributed by atoms with Crippen LogP contribution in [0.4, 0.5) is 30.8 Å². The molecular weight excluding hydrogens is 424 g/mol. The van der Waals surface area contributed by atoms with Crippen molar-refractivity contribution in [2.75, 3.05) is 17.7 Å². The third-order valence-corrected chi connectivity index (χ3v) is 4.54. The lowest BCUT2D eigenvalue weighted by molar-refractivity contribution is 0.0963. The van der Waals surface area contributed by atoms with E-state index >= 15 is 0 Å². The molecule has 164 valence electrons. The number of nitrogens with zero attached hydrogens (tertiary/aromatic N) is 4. The normalized spacial score (nSPS) is 12.7. The summed E-state index contributed by atoms with van der Waals surface area (Å²) in [4.78, 5) is 40.9. The Morgan fingerprint density at radius 2 is 1.81 bits per heavy atom. The third-order valence-electron chi connectivity index (χ3n) is 4.54. The predicted molar refractivity (Wildman–Crippen MR) is 109 cm³/mol. The molecule has 4 rings (SSSR count). The second-order valence-corrected chi connectivity index (χ2v) is 6.88. The van der Waals surface area contributed by atoms with E-state index in [0.717, 1.165) is 12.8 Å². The molecule has 3 aromatic rings. The summed E-state index contributed by atoms with van der Waals surface area (Å²) >= 11 is 0. The zero-order valence-electron chi connectivity index (χ0n) is 16.7. The first-order valence-corrected chi connectivity index (χ1v) is 9.53. The molecule has 0 saturated heterocycles. The second-order valence-electron chi connectivity index (χ2n) is 6.88. The lowest BCUT2D eigenvalue weighted by atomic mass is 10.1. The van der Waals surface area contributed by atoms with E-state index in [0.29, 0.717) is 23.5 Å². The van der Waals surface area contributed by atoms with Gasteiger partial charge in [-0.3, -0.25) is 10.1 Å². The monoisotopic (exact) mass is 441 g/mol. The van der Waals surface area contributed by atoms with E-state index in [1.807, 2.05) is 0 Å². The van der Waals surface area contributed by atoms with E-state index in [4.69, 9.17) is 4.74 Å². The van der Waals surface area contributed by atoms with Crippen molar-refractivity contribution in [2.24, 2.45) is 0 Å². The van der Waals surface area contributed by atoms with Crippen molar-refractivity contribution in [3.63, 3.8) is 0 Å². The molecule has 0 atom stereocenters. The van der Waals surface area contributed by atoms with Crippen molar-refractivity contribution in [1.82, 2.24) is 25.3 Å². The van der Waals surface area contributed by atoms with Crippen LogP contribution in [-0.2, 0) is 0 Å². The highest BCUT2D eigenvalue weighted by atomic mass is 19.2. The summed E-state index contributed by atoms with van der Waals surface area (Å²) in [7, 11) is 1.32. The van der Waals surface area contributed by atoms with E-state index < -0.39 is 23.6 Å². The molecule has 1 aliphatic carbocycles. The molecule has 2 heterocycles. The Labute approximate surface area is 180 Å². The number of amides is 2. The fourth-order valence-electron chi connectivity index (χ4n) is 2.81. The molecule has 2 amide bonds. The quantitative estimate of drug-likeness (QED) is 0.532. The van der Waals surface area contributed by atoms with Crippen molar-refractivity contribution >= 4 is 29.2 Å². The van der Waals surface area contributed by atoms with E-state index in [1.165, 1.54) is 25.8 Å². The average molecular weight is 441 g/mol. The Hall–Kier alpha value is -4.22. The number of carbonyl (C=O) groups excluding carboxylic acids is 2. The molecule has 32 heavy (non-hydrogen) atoms. The van der Waals surface area contributed by atoms with Crippen LogP contribution in [0.15, 0.2) is 37.1 Å². The number of aromatic nitrogens is 4. The first kappa shape index (κ1) is 21.0. The van der Waals surface area contributed by atoms with Crippen molar-refractivity contribution in [2.45, 2.75) is 18.8 Å². The highest BCUT2D eigenvalue weighted by Crippen LogP contribution is 2.40. The van der Waals surface area contributed by atoms with Crippen LogP contribution in [0, 0.1) is 11.6 Å². The molecular formula is C20H17F2N7O3. The number of nitrogens with one attached hydrogen (secondary N) is 3. The minimum atomic E-state index is -1.24. The van der Waals surface area contributed by atoms with Crippen molar-refractivity contribution in [1.29, 1.82) is 0 Å². The van der Waals surface area contributed by atoms with Gasteiger partial charge in [0.1, 0.15) is 6.33 Å². The number of carbonyl (C=O) groups is 2. The Balaban J connectivity index is 1.59. The molecule has 2 aromatic heterocycles. The first-order valence-electron chi connectivity index (χ1n) is 9.53. The van der Waals surface area contributed by atoms with E-state index in [-0.39, 0.29) is 28.9 Å². The smallest absolute Gasteiger partial charge is 0.387 e. The van der Waals surface area contributed by atoms with Crippen LogP contribution in [0.25, 0.3) is 0 Å². The van der Waals surface area contributed by atoms with Crippen LogP contribution in [0.5, 0.6) is 5.88 Å². The minimum Gasteiger partial charge on any atom is -0.387 e. The van der Waals surface area contributed by atoms with Crippen LogP contribution in [0.3, 0.4) is 0 Å². The summed E-state index contributed by atoms with van der Waals surface area (Å²) in [6.07, 6.45) is 6.73. The van der Waals surface area contributed by atoms with Gasteiger partial charge in [-0.2, -0.15) is 0 Å². The van der Waals surface area contributed by atoms with Gasteiger partial charge >= 0.3 is 6.09 Å². The molecule has 0 bridgehead atoms. The second kappa shape index (κ2) is 8.88. The molecule has 0 unspecified atom stereocenters. The summed E-state index contributed by atoms with van der Waals surface area (Å²) in [6, 6.07) is 1.37. The van der Waals surface area contributed by atoms with E-state index in [2.05, 4.69) is 35.9 Å². The molecule has 12 heteroatoms. The fourth-order valence-corrected chi connectivity index (χ4v) is 2.81. The first-order chi connectivity index (χ1) is 15.4. The van der Waals surface area contributed by atoms with Crippen LogP contribution >= 0.6 is 0 Å². The van der Waals surface area contributed by atoms with E-state index in [9.17, 15) is 18.4 Å². The lowest BCUT2D eigenvalue weighted by Crippen LogP contribution is -2.24. The van der Waals surface area contributed by atoms with Gasteiger partial charge < -0.3 is 15.4 Å². The third kappa shape index (κ3) is 4.74. The summed E-state index contributed by atoms with van der Waals surface area (Å²) in [5.41, 5.74) is 0.585. The number of anilines is 3. The molecule has 1 aliphatic rings. The zero-order chi connectivity index (χ0) is 22.7. The summed E-state index contributed by atoms with van der Waals surface area (Å²) in [6.45, 7) is 0. The molecule has 10 nitrogen and oxygen atoms in total. The highest BCUT2D eigenvalue weighted by molar-refractivity contribution is 6.02. The summed E-state index contributed by atoms with van der Waals surface area (Å²) < 4.78 is 32.6. The number of halogens is 2. The van der Waals surface area contributed by atoms with Crippen molar-refractivity contribution < 1.29 is 23.1 Å². The van der Waals surface area contributed by atoms with Gasteiger partial charge in [0.15, 0.2) is 17.5 Å². The van der Waals surface area contributed by atoms with Gasteiger partial charge in [-0.15, -0.1) is 0 Å². The Morgan fingerprint density at radius 1 is 1.09 bits per heavy atom. The minimum absolute atomic E-state index is 0.121. The summed E-state index contributed by atoms with van der Waals surface area (Å²) in [5, 5.41) is 7.45. The molecule has 0 aliphatic heterocycles. The van der Waals surface area contributed by atoms with Crippen molar-refractivity contribution in [3.8, 4) is 5.88 Å². The SMILES string of the molecule is CNC(=O)c1cc(F)c(F)cc1NC(=O)Oc1nc(C2CC2)cnc1Nc1cncnc1. The van der Waals surface area contributed by atoms with Crippen molar-refractivity contribution in [3.05, 3.63) is 59.9 Å². The van der Waals surface area contributed by atoms with Gasteiger partial charge in [0.05, 0.1) is 41.2 Å². The number of hydrogen-bond acceptors (Lipinski definition) is 8. The number of ether oxygens (including phenoxy) is 1. The molecule has 1 saturated carbocycles. The summed E-state index contributed by atoms with van der Waals surface area (Å²) in [5.74, 6) is -2.98. The Morgan fingerprint density at radius 3 is 2.50 bits per heavy atom. The molecule has 1 fully saturated rings. The van der Waals surface area contributed by atoms with Gasteiger partial charge in [-0.05, 0) is 18.9 Å². The Kier molecular flexibility index (Phi) is 5.83. The lowest BCUT2D eigenvalue weighted by Gasteiger charge is -2.13. The van der Waals surface area contributed by atoms with Gasteiger partial charge in [0, 0.05) is 19.0 Å². The molecule has 3 N–H and O–H groups in total. The number of rotatable bonds is 6. The van der Waals surface area contributed by atoms with Gasteiger partial charge in [0.25, 0.3) is 11.8 Å². The van der Waals surface area contributed by atoms with Crippen LogP contribution in [0.2, 0.25) is 0 Å². The number of hydrogen-bond donors (Lipinski definition) is 3. The average Bonchev–Trinajstić information content (AvgIpc) is 3.63. The van der Waals surface area contributed by atoms with E-state index in [1.54, 1.807) is 6.20 Å². The van der Waals surface area contributed by atoms with Gasteiger partial charge in [0.2, 0.25) is 0 Å². The maximum Gasteiger partial charge on any atom is 0.418 e. The maximum absolute atomic E-state index is 13.7. The van der Waals surface area contributed by atoms with Crippen LogP contribution in [0.1, 0.15) is 34.8 Å². The number of benzene rings is 1. The van der Waals surface area contributed by atoms with Crippen LogP contribution < -0.4 is 20.7 Å². The Bertz CT molecular complexity index is 1170. The molecule has 1 aromatic carbocycles. The zero-order valence-corrected chi connectivity index (χ0v) is 16.7. The van der Waals surface area contributed by atoms with Gasteiger partial charge in [-0.1, -0.05) is 0 Å². The van der Waals surface area contributed by atoms with Crippen LogP contribution in [-0.4, -0.2) is 39.0 Å². The fraction of sp³-hybridized carbons (Fsp3) is 0.200. The molecule has 0 radical (unpaired) electrons. The molecule has 0 spiro atoms. The highest BCUT2D eigenvalue weighted by Gasteiger charge is 2.27. The standard InChI is InChI=1S/C20H17F2N7O3/c1-23-18(30)12-4-13(21)14(22)5-15(12)29-20(31)32-19-17(27-11-6-24-9-25-7-11)26-8-16(28-19)10-2-3-10/h4-10H,2-3H2,1H3,(H,23,30)(H,26,27)(H,29,31). The predicted octanol–water partition coefficient (Wildman–Crippen LogP) is 3.14. The topological polar surface area (TPSA) is 131 Å². The maximum atomic E-state index is 13.7. The van der Waals surface area contributed by atoms with Gasteiger partial charge in [-0.25, -0.2) is 33.5 Å².